The molecule has 3 heteroatoms. The van der Waals surface area contributed by atoms with E-state index in [1.54, 1.807) is 0 Å². The zero-order valence-electron chi connectivity index (χ0n) is 31.1. The van der Waals surface area contributed by atoms with Gasteiger partial charge in [0.2, 0.25) is 0 Å². The monoisotopic (exact) mass is 728 g/mol. The van der Waals surface area contributed by atoms with Crippen LogP contribution in [0.1, 0.15) is 0 Å². The molecule has 11 aromatic rings. The van der Waals surface area contributed by atoms with E-state index in [2.05, 4.69) is 216 Å². The van der Waals surface area contributed by atoms with Crippen molar-refractivity contribution in [1.29, 1.82) is 0 Å². The van der Waals surface area contributed by atoms with Gasteiger partial charge in [0, 0.05) is 44.2 Å². The maximum atomic E-state index is 6.45. The van der Waals surface area contributed by atoms with Crippen LogP contribution in [0.2, 0.25) is 0 Å². The second-order valence-corrected chi connectivity index (χ2v) is 14.5. The third kappa shape index (κ3) is 5.60. The van der Waals surface area contributed by atoms with Crippen molar-refractivity contribution in [2.75, 3.05) is 4.90 Å². The number of rotatable bonds is 7. The maximum Gasteiger partial charge on any atom is 0.143 e. The zero-order valence-corrected chi connectivity index (χ0v) is 31.1. The minimum absolute atomic E-state index is 0.904. The number of furan rings is 1. The molecule has 268 valence electrons. The highest BCUT2D eigenvalue weighted by Crippen LogP contribution is 2.45. The Kier molecular flexibility index (Phi) is 7.82. The molecular formula is C54H36N2O. The fraction of sp³-hybridized carbons (Fsp3) is 0. The Morgan fingerprint density at radius 1 is 0.351 bits per heavy atom. The number of hydrogen-bond donors (Lipinski definition) is 0. The molecule has 0 aliphatic heterocycles. The van der Waals surface area contributed by atoms with Crippen LogP contribution < -0.4 is 4.90 Å². The Balaban J connectivity index is 1.08. The summed E-state index contributed by atoms with van der Waals surface area (Å²) in [6.07, 6.45) is 0. The molecule has 9 aromatic carbocycles. The van der Waals surface area contributed by atoms with Crippen molar-refractivity contribution in [1.82, 2.24) is 4.57 Å². The van der Waals surface area contributed by atoms with E-state index in [9.17, 15) is 0 Å². The van der Waals surface area contributed by atoms with E-state index >= 15 is 0 Å². The van der Waals surface area contributed by atoms with Crippen LogP contribution >= 0.6 is 0 Å². The first-order chi connectivity index (χ1) is 28.3. The Morgan fingerprint density at radius 3 is 1.54 bits per heavy atom. The first-order valence-corrected chi connectivity index (χ1v) is 19.4. The summed E-state index contributed by atoms with van der Waals surface area (Å²) in [4.78, 5) is 2.40. The van der Waals surface area contributed by atoms with Crippen molar-refractivity contribution in [3.8, 4) is 39.1 Å². The van der Waals surface area contributed by atoms with Gasteiger partial charge < -0.3 is 13.9 Å². The van der Waals surface area contributed by atoms with Gasteiger partial charge in [0.15, 0.2) is 0 Å². The van der Waals surface area contributed by atoms with Crippen LogP contribution in [0.3, 0.4) is 0 Å². The van der Waals surface area contributed by atoms with E-state index in [-0.39, 0.29) is 0 Å². The van der Waals surface area contributed by atoms with Crippen molar-refractivity contribution >= 4 is 60.8 Å². The lowest BCUT2D eigenvalue weighted by Crippen LogP contribution is -2.10. The Bertz CT molecular complexity index is 3200. The lowest BCUT2D eigenvalue weighted by molar-refractivity contribution is 0.670. The summed E-state index contributed by atoms with van der Waals surface area (Å²) in [5, 5.41) is 4.67. The average molecular weight is 729 g/mol. The van der Waals surface area contributed by atoms with Gasteiger partial charge in [-0.25, -0.2) is 0 Å². The van der Waals surface area contributed by atoms with Gasteiger partial charge in [0.1, 0.15) is 11.2 Å². The molecule has 57 heavy (non-hydrogen) atoms. The van der Waals surface area contributed by atoms with Crippen LogP contribution in [0, 0.1) is 0 Å². The molecule has 0 bridgehead atoms. The van der Waals surface area contributed by atoms with Crippen LogP contribution in [-0.4, -0.2) is 4.57 Å². The highest BCUT2D eigenvalue weighted by Gasteiger charge is 2.22. The summed E-state index contributed by atoms with van der Waals surface area (Å²) in [6, 6.07) is 78.1. The zero-order chi connectivity index (χ0) is 37.7. The van der Waals surface area contributed by atoms with Gasteiger partial charge in [-0.15, -0.1) is 0 Å². The van der Waals surface area contributed by atoms with Crippen molar-refractivity contribution in [3.05, 3.63) is 218 Å². The van der Waals surface area contributed by atoms with Gasteiger partial charge in [0.25, 0.3) is 0 Å². The van der Waals surface area contributed by atoms with Crippen LogP contribution in [0.4, 0.5) is 17.1 Å². The molecule has 0 aliphatic carbocycles. The van der Waals surface area contributed by atoms with E-state index in [1.807, 2.05) is 12.1 Å². The summed E-state index contributed by atoms with van der Waals surface area (Å²) in [5.74, 6) is 0. The molecule has 11 rings (SSSR count). The first kappa shape index (κ1) is 32.8. The third-order valence-corrected chi connectivity index (χ3v) is 11.2. The summed E-state index contributed by atoms with van der Waals surface area (Å²) in [7, 11) is 0. The highest BCUT2D eigenvalue weighted by atomic mass is 16.3. The molecule has 2 aromatic heterocycles. The quantitative estimate of drug-likeness (QED) is 0.163. The predicted octanol–water partition coefficient (Wildman–Crippen LogP) is 15.2. The van der Waals surface area contributed by atoms with Crippen molar-refractivity contribution in [2.24, 2.45) is 0 Å². The van der Waals surface area contributed by atoms with Crippen molar-refractivity contribution in [3.63, 3.8) is 0 Å². The molecule has 3 nitrogen and oxygen atoms in total. The molecule has 2 heterocycles. The molecule has 0 saturated heterocycles. The molecule has 0 amide bonds. The summed E-state index contributed by atoms with van der Waals surface area (Å²) in [5.41, 5.74) is 15.5. The van der Waals surface area contributed by atoms with Crippen LogP contribution in [0.5, 0.6) is 0 Å². The smallest absolute Gasteiger partial charge is 0.143 e. The number of benzene rings is 9. The first-order valence-electron chi connectivity index (χ1n) is 19.4. The van der Waals surface area contributed by atoms with Crippen LogP contribution in [-0.2, 0) is 0 Å². The fourth-order valence-electron chi connectivity index (χ4n) is 8.52. The molecule has 0 aliphatic rings. The van der Waals surface area contributed by atoms with Crippen LogP contribution in [0.15, 0.2) is 223 Å². The standard InChI is InChI=1S/C54H36N2O/c1-3-13-37(14-4-1)39-25-31-42(32-26-39)55(43-35-29-41(30-36-43)45-19-11-20-47-46-17-8-10-24-52(46)57-54(45)47)50-22-12-23-51-53(50)48-18-7-9-21-49(48)56(51)44-33-27-40(28-34-44)38-15-5-2-6-16-38/h1-36H. The fourth-order valence-corrected chi connectivity index (χ4v) is 8.52. The second kappa shape index (κ2) is 13.6. The number of fused-ring (bicyclic) bond motifs is 6. The summed E-state index contributed by atoms with van der Waals surface area (Å²) >= 11 is 0. The predicted molar refractivity (Wildman–Crippen MR) is 239 cm³/mol. The number of aromatic nitrogens is 1. The molecule has 0 atom stereocenters. The molecular weight excluding hydrogens is 693 g/mol. The van der Waals surface area contributed by atoms with Crippen molar-refractivity contribution in [2.45, 2.75) is 0 Å². The molecule has 0 spiro atoms. The third-order valence-electron chi connectivity index (χ3n) is 11.2. The van der Waals surface area contributed by atoms with E-state index in [4.69, 9.17) is 4.42 Å². The van der Waals surface area contributed by atoms with Gasteiger partial charge in [-0.2, -0.15) is 0 Å². The van der Waals surface area contributed by atoms with Gasteiger partial charge >= 0.3 is 0 Å². The van der Waals surface area contributed by atoms with Gasteiger partial charge in [-0.3, -0.25) is 0 Å². The normalized spacial score (nSPS) is 11.5. The van der Waals surface area contributed by atoms with E-state index in [0.29, 0.717) is 0 Å². The number of nitrogens with zero attached hydrogens (tertiary/aromatic N) is 2. The minimum Gasteiger partial charge on any atom is -0.455 e. The SMILES string of the molecule is c1ccc(-c2ccc(N(c3ccc(-c4cccc5c4oc4ccccc45)cc3)c3cccc4c3c3ccccc3n4-c3ccc(-c4ccccc4)cc3)cc2)cc1. The Morgan fingerprint density at radius 2 is 0.860 bits per heavy atom. The van der Waals surface area contributed by atoms with Gasteiger partial charge in [-0.1, -0.05) is 158 Å². The Labute approximate surface area is 330 Å². The number of para-hydroxylation sites is 3. The Hall–Kier alpha value is -7.62. The second-order valence-electron chi connectivity index (χ2n) is 14.5. The average Bonchev–Trinajstić information content (AvgIpc) is 3.84. The molecule has 0 radical (unpaired) electrons. The topological polar surface area (TPSA) is 21.3 Å². The lowest BCUT2D eigenvalue weighted by atomic mass is 10.0. The number of hydrogen-bond acceptors (Lipinski definition) is 2. The molecule has 0 unspecified atom stereocenters. The number of anilines is 3. The summed E-state index contributed by atoms with van der Waals surface area (Å²) < 4.78 is 8.85. The molecule has 0 fully saturated rings. The van der Waals surface area contributed by atoms with E-state index in [1.165, 1.54) is 38.5 Å². The minimum atomic E-state index is 0.904. The largest absolute Gasteiger partial charge is 0.455 e. The molecule has 0 saturated carbocycles. The highest BCUT2D eigenvalue weighted by molar-refractivity contribution is 6.16. The molecule has 0 N–H and O–H groups in total. The van der Waals surface area contributed by atoms with Crippen LogP contribution in [0.25, 0.3) is 82.8 Å². The van der Waals surface area contributed by atoms with E-state index < -0.39 is 0 Å². The maximum absolute atomic E-state index is 6.45. The van der Waals surface area contributed by atoms with Gasteiger partial charge in [0.05, 0.1) is 16.7 Å². The van der Waals surface area contributed by atoms with E-state index in [0.717, 1.165) is 61.3 Å². The lowest BCUT2D eigenvalue weighted by Gasteiger charge is -2.27. The van der Waals surface area contributed by atoms with Gasteiger partial charge in [-0.05, 0) is 88.5 Å². The summed E-state index contributed by atoms with van der Waals surface area (Å²) in [6.45, 7) is 0. The van der Waals surface area contributed by atoms with Crippen molar-refractivity contribution < 1.29 is 4.42 Å².